The number of esters is 3. The smallest absolute Gasteiger partial charge is 0.306 e. The van der Waals surface area contributed by atoms with Crippen molar-refractivity contribution in [2.75, 3.05) is 13.2 Å². The molecule has 0 heterocycles. The number of rotatable bonds is 61. The minimum Gasteiger partial charge on any atom is -0.462 e. The van der Waals surface area contributed by atoms with Gasteiger partial charge in [0.25, 0.3) is 0 Å². The fraction of sp³-hybridized carbons (Fsp3) is 0.789. The second kappa shape index (κ2) is 65.4. The van der Waals surface area contributed by atoms with Crippen LogP contribution in [0.1, 0.15) is 342 Å². The second-order valence-corrected chi connectivity index (χ2v) is 22.4. The monoisotopic (exact) mass is 1070 g/mol. The summed E-state index contributed by atoms with van der Waals surface area (Å²) < 4.78 is 16.9. The Labute approximate surface area is 478 Å². The van der Waals surface area contributed by atoms with Gasteiger partial charge in [-0.2, -0.15) is 0 Å². The Bertz CT molecular complexity index is 1420. The Morgan fingerprint density at radius 2 is 0.506 bits per heavy atom. The first-order valence-electron chi connectivity index (χ1n) is 33.4. The summed E-state index contributed by atoms with van der Waals surface area (Å²) in [5.74, 6) is -0.863. The van der Waals surface area contributed by atoms with Crippen LogP contribution < -0.4 is 0 Å². The minimum atomic E-state index is -0.775. The molecule has 0 rings (SSSR count). The Balaban J connectivity index is 4.11. The lowest BCUT2D eigenvalue weighted by atomic mass is 10.0. The number of carbonyl (C=O) groups excluding carboxylic acids is 3. The van der Waals surface area contributed by atoms with Crippen molar-refractivity contribution in [2.24, 2.45) is 0 Å². The molecule has 1 unspecified atom stereocenters. The molecule has 6 heteroatoms. The van der Waals surface area contributed by atoms with Crippen LogP contribution in [0.25, 0.3) is 0 Å². The molecule has 1 atom stereocenters. The van der Waals surface area contributed by atoms with Gasteiger partial charge >= 0.3 is 17.9 Å². The highest BCUT2D eigenvalue weighted by Crippen LogP contribution is 2.17. The molecule has 0 saturated heterocycles. The van der Waals surface area contributed by atoms with Gasteiger partial charge in [-0.25, -0.2) is 0 Å². The molecule has 0 aromatic heterocycles. The third-order valence-electron chi connectivity index (χ3n) is 14.7. The van der Waals surface area contributed by atoms with Crippen LogP contribution in [0, 0.1) is 0 Å². The van der Waals surface area contributed by atoms with Crippen LogP contribution in [-0.2, 0) is 28.6 Å². The van der Waals surface area contributed by atoms with Crippen molar-refractivity contribution >= 4 is 17.9 Å². The van der Waals surface area contributed by atoms with E-state index in [1.165, 1.54) is 205 Å². The fourth-order valence-corrected chi connectivity index (χ4v) is 9.70. The third kappa shape index (κ3) is 63.6. The van der Waals surface area contributed by atoms with Crippen molar-refractivity contribution in [1.29, 1.82) is 0 Å². The van der Waals surface area contributed by atoms with Crippen LogP contribution >= 0.6 is 0 Å². The van der Waals surface area contributed by atoms with Crippen LogP contribution in [0.5, 0.6) is 0 Å². The van der Waals surface area contributed by atoms with E-state index in [-0.39, 0.29) is 31.1 Å². The molecular formula is C71H126O6. The molecule has 0 aliphatic heterocycles. The van der Waals surface area contributed by atoms with E-state index in [2.05, 4.69) is 93.7 Å². The average molecular weight is 1080 g/mol. The summed E-state index contributed by atoms with van der Waals surface area (Å²) in [6.45, 7) is 6.55. The lowest BCUT2D eigenvalue weighted by molar-refractivity contribution is -0.167. The van der Waals surface area contributed by atoms with Gasteiger partial charge in [-0.05, 0) is 89.9 Å². The number of hydrogen-bond donors (Lipinski definition) is 0. The first-order chi connectivity index (χ1) is 38.0. The quantitative estimate of drug-likeness (QED) is 0.0261. The molecule has 6 nitrogen and oxygen atoms in total. The van der Waals surface area contributed by atoms with E-state index in [9.17, 15) is 14.4 Å². The molecule has 0 N–H and O–H groups in total. The standard InChI is InChI=1S/C71H126O6/c1-4-7-10-13-16-19-22-25-27-28-29-30-31-32-33-34-35-36-37-38-39-40-41-42-43-44-45-47-49-52-55-58-61-64-70(73)76-67-68(66-75-69(72)63-60-57-54-51-48-24-21-18-15-12-9-6-3)77-71(74)65-62-59-56-53-50-46-26-23-20-17-14-11-8-5-2/h7,10,16,19,23,25-27,29-30,32-33,68H,4-6,8-9,11-15,17-18,20-22,24,28,31,34-67H2,1-3H3/b10-7-,19-16-,26-23-,27-25-,30-29-,33-32-. The van der Waals surface area contributed by atoms with E-state index in [1.54, 1.807) is 0 Å². The maximum absolute atomic E-state index is 12.9. The van der Waals surface area contributed by atoms with Gasteiger partial charge in [0.1, 0.15) is 13.2 Å². The summed E-state index contributed by atoms with van der Waals surface area (Å²) in [5, 5.41) is 0. The summed E-state index contributed by atoms with van der Waals surface area (Å²) in [5.41, 5.74) is 0. The highest BCUT2D eigenvalue weighted by molar-refractivity contribution is 5.71. The molecular weight excluding hydrogens is 949 g/mol. The molecule has 0 aliphatic carbocycles. The Morgan fingerprint density at radius 3 is 0.805 bits per heavy atom. The van der Waals surface area contributed by atoms with E-state index in [0.29, 0.717) is 19.3 Å². The summed E-state index contributed by atoms with van der Waals surface area (Å²) in [6, 6.07) is 0. The predicted octanol–water partition coefficient (Wildman–Crippen LogP) is 22.9. The van der Waals surface area contributed by atoms with Gasteiger partial charge in [0, 0.05) is 19.3 Å². The molecule has 0 bridgehead atoms. The van der Waals surface area contributed by atoms with Crippen molar-refractivity contribution in [3.8, 4) is 0 Å². The molecule has 0 radical (unpaired) electrons. The molecule has 0 spiro atoms. The van der Waals surface area contributed by atoms with E-state index < -0.39 is 6.10 Å². The van der Waals surface area contributed by atoms with Gasteiger partial charge in [0.15, 0.2) is 6.10 Å². The number of carbonyl (C=O) groups is 3. The normalized spacial score (nSPS) is 12.5. The Kier molecular flexibility index (Phi) is 62.7. The molecule has 0 aliphatic rings. The molecule has 0 fully saturated rings. The number of hydrogen-bond acceptors (Lipinski definition) is 6. The van der Waals surface area contributed by atoms with Gasteiger partial charge in [-0.3, -0.25) is 14.4 Å². The lowest BCUT2D eigenvalue weighted by Gasteiger charge is -2.18. The average Bonchev–Trinajstić information content (AvgIpc) is 3.43. The van der Waals surface area contributed by atoms with E-state index >= 15 is 0 Å². The summed E-state index contributed by atoms with van der Waals surface area (Å²) in [6.07, 6.45) is 85.0. The molecule has 0 saturated carbocycles. The molecule has 0 amide bonds. The lowest BCUT2D eigenvalue weighted by Crippen LogP contribution is -2.30. The zero-order chi connectivity index (χ0) is 55.7. The topological polar surface area (TPSA) is 78.9 Å². The summed E-state index contributed by atoms with van der Waals surface area (Å²) >= 11 is 0. The SMILES string of the molecule is CC/C=C\C/C=C\C/C=C\C/C=C\C/C=C\CCCCCCCCCCCCCCCCCCCC(=O)OCC(COC(=O)CCCCCCCCCCCCCC)OC(=O)CCCCCCC/C=C\CCCCCCC. The van der Waals surface area contributed by atoms with E-state index in [4.69, 9.17) is 14.2 Å². The highest BCUT2D eigenvalue weighted by atomic mass is 16.6. The molecule has 446 valence electrons. The van der Waals surface area contributed by atoms with Gasteiger partial charge in [0.2, 0.25) is 0 Å². The zero-order valence-corrected chi connectivity index (χ0v) is 51.2. The van der Waals surface area contributed by atoms with Crippen LogP contribution in [0.4, 0.5) is 0 Å². The maximum atomic E-state index is 12.9. The zero-order valence-electron chi connectivity index (χ0n) is 51.2. The van der Waals surface area contributed by atoms with Crippen LogP contribution in [-0.4, -0.2) is 37.2 Å². The second-order valence-electron chi connectivity index (χ2n) is 22.4. The molecule has 0 aromatic carbocycles. The van der Waals surface area contributed by atoms with Crippen molar-refractivity contribution in [3.63, 3.8) is 0 Å². The van der Waals surface area contributed by atoms with Gasteiger partial charge < -0.3 is 14.2 Å². The van der Waals surface area contributed by atoms with Gasteiger partial charge in [-0.15, -0.1) is 0 Å². The van der Waals surface area contributed by atoms with Gasteiger partial charge in [0.05, 0.1) is 0 Å². The predicted molar refractivity (Wildman–Crippen MR) is 335 cm³/mol. The number of allylic oxidation sites excluding steroid dienone is 12. The summed E-state index contributed by atoms with van der Waals surface area (Å²) in [7, 11) is 0. The number of ether oxygens (including phenoxy) is 3. The Hall–Kier alpha value is -3.15. The van der Waals surface area contributed by atoms with E-state index in [0.717, 1.165) is 96.3 Å². The number of unbranched alkanes of at least 4 members (excludes halogenated alkanes) is 38. The van der Waals surface area contributed by atoms with Crippen molar-refractivity contribution < 1.29 is 28.6 Å². The maximum Gasteiger partial charge on any atom is 0.306 e. The first-order valence-corrected chi connectivity index (χ1v) is 33.4. The Morgan fingerprint density at radius 1 is 0.273 bits per heavy atom. The van der Waals surface area contributed by atoms with Crippen LogP contribution in [0.3, 0.4) is 0 Å². The highest BCUT2D eigenvalue weighted by Gasteiger charge is 2.19. The summed E-state index contributed by atoms with van der Waals surface area (Å²) in [4.78, 5) is 38.2. The van der Waals surface area contributed by atoms with Crippen molar-refractivity contribution in [1.82, 2.24) is 0 Å². The third-order valence-corrected chi connectivity index (χ3v) is 14.7. The molecule has 77 heavy (non-hydrogen) atoms. The minimum absolute atomic E-state index is 0.0727. The largest absolute Gasteiger partial charge is 0.462 e. The van der Waals surface area contributed by atoms with Gasteiger partial charge in [-0.1, -0.05) is 306 Å². The first kappa shape index (κ1) is 73.8. The van der Waals surface area contributed by atoms with Crippen molar-refractivity contribution in [2.45, 2.75) is 348 Å². The van der Waals surface area contributed by atoms with Crippen LogP contribution in [0.15, 0.2) is 72.9 Å². The van der Waals surface area contributed by atoms with Crippen LogP contribution in [0.2, 0.25) is 0 Å². The van der Waals surface area contributed by atoms with Crippen molar-refractivity contribution in [3.05, 3.63) is 72.9 Å². The van der Waals surface area contributed by atoms with E-state index in [1.807, 2.05) is 0 Å². The fourth-order valence-electron chi connectivity index (χ4n) is 9.70. The molecule has 0 aromatic rings.